The quantitative estimate of drug-likeness (QED) is 0.512. The van der Waals surface area contributed by atoms with E-state index in [9.17, 15) is 18.4 Å². The third kappa shape index (κ3) is 3.48. The average molecular weight is 365 g/mol. The minimum Gasteiger partial charge on any atom is -0.322 e. The molecule has 0 atom stereocenters. The third-order valence-corrected chi connectivity index (χ3v) is 4.09. The number of hydrogen-bond acceptors (Lipinski definition) is 2. The number of amides is 1. The largest absolute Gasteiger partial charge is 0.323 e. The van der Waals surface area contributed by atoms with Gasteiger partial charge in [-0.1, -0.05) is 12.1 Å². The van der Waals surface area contributed by atoms with Crippen molar-refractivity contribution in [3.8, 4) is 11.1 Å². The Kier molecular flexibility index (Phi) is 4.04. The Morgan fingerprint density at radius 2 is 1.56 bits per heavy atom. The predicted octanol–water partition coefficient (Wildman–Crippen LogP) is 4.05. The topological polar surface area (TPSA) is 77.8 Å². The molecule has 1 aromatic heterocycles. The Balaban J connectivity index is 1.61. The lowest BCUT2D eigenvalue weighted by Crippen LogP contribution is -2.11. The summed E-state index contributed by atoms with van der Waals surface area (Å²) in [6, 6.07) is 14.7. The van der Waals surface area contributed by atoms with E-state index >= 15 is 0 Å². The lowest BCUT2D eigenvalue weighted by molar-refractivity contribution is 0.102. The molecule has 4 rings (SSSR count). The first-order valence-electron chi connectivity index (χ1n) is 8.08. The number of rotatable bonds is 3. The van der Waals surface area contributed by atoms with E-state index in [2.05, 4.69) is 15.3 Å². The van der Waals surface area contributed by atoms with Crippen molar-refractivity contribution in [2.24, 2.45) is 0 Å². The number of hydrogen-bond donors (Lipinski definition) is 3. The molecule has 4 aromatic rings. The van der Waals surface area contributed by atoms with Gasteiger partial charge < -0.3 is 15.3 Å². The SMILES string of the molecule is O=C(Nc1cccc(-c2cc(F)cc(F)c2)c1)c1ccc2[nH]c(=O)[nH]c2c1. The van der Waals surface area contributed by atoms with Crippen molar-refractivity contribution in [1.29, 1.82) is 0 Å². The molecule has 0 saturated carbocycles. The molecule has 3 N–H and O–H groups in total. The number of nitrogens with one attached hydrogen (secondary N) is 3. The summed E-state index contributed by atoms with van der Waals surface area (Å²) < 4.78 is 26.9. The molecule has 0 saturated heterocycles. The van der Waals surface area contributed by atoms with Crippen LogP contribution in [-0.2, 0) is 0 Å². The number of halogens is 2. The van der Waals surface area contributed by atoms with Gasteiger partial charge in [-0.05, 0) is 53.6 Å². The fourth-order valence-electron chi connectivity index (χ4n) is 2.87. The molecule has 0 aliphatic carbocycles. The van der Waals surface area contributed by atoms with Crippen LogP contribution in [0.3, 0.4) is 0 Å². The predicted molar refractivity (Wildman–Crippen MR) is 98.7 cm³/mol. The van der Waals surface area contributed by atoms with Crippen LogP contribution < -0.4 is 11.0 Å². The molecule has 1 amide bonds. The second kappa shape index (κ2) is 6.53. The molecule has 1 heterocycles. The van der Waals surface area contributed by atoms with Crippen molar-refractivity contribution in [3.05, 3.63) is 88.3 Å². The van der Waals surface area contributed by atoms with E-state index in [1.807, 2.05) is 0 Å². The number of H-pyrrole nitrogens is 2. The molecule has 0 spiro atoms. The minimum atomic E-state index is -0.673. The summed E-state index contributed by atoms with van der Waals surface area (Å²) >= 11 is 0. The van der Waals surface area contributed by atoms with Gasteiger partial charge >= 0.3 is 5.69 Å². The van der Waals surface area contributed by atoms with Crippen molar-refractivity contribution in [2.75, 3.05) is 5.32 Å². The van der Waals surface area contributed by atoms with Gasteiger partial charge in [0.15, 0.2) is 0 Å². The van der Waals surface area contributed by atoms with Crippen LogP contribution in [0.2, 0.25) is 0 Å². The van der Waals surface area contributed by atoms with Crippen LogP contribution in [0.1, 0.15) is 10.4 Å². The number of carbonyl (C=O) groups excluding carboxylic acids is 1. The van der Waals surface area contributed by atoms with Gasteiger partial charge in [0.2, 0.25) is 0 Å². The minimum absolute atomic E-state index is 0.349. The molecule has 5 nitrogen and oxygen atoms in total. The van der Waals surface area contributed by atoms with Crippen LogP contribution in [0, 0.1) is 11.6 Å². The van der Waals surface area contributed by atoms with Gasteiger partial charge in [-0.25, -0.2) is 13.6 Å². The van der Waals surface area contributed by atoms with Crippen molar-refractivity contribution < 1.29 is 13.6 Å². The van der Waals surface area contributed by atoms with Gasteiger partial charge in [0.05, 0.1) is 11.0 Å². The van der Waals surface area contributed by atoms with Gasteiger partial charge in [0, 0.05) is 17.3 Å². The average Bonchev–Trinajstić information content (AvgIpc) is 3.00. The van der Waals surface area contributed by atoms with Crippen LogP contribution >= 0.6 is 0 Å². The van der Waals surface area contributed by atoms with Crippen molar-refractivity contribution in [2.45, 2.75) is 0 Å². The van der Waals surface area contributed by atoms with E-state index in [-0.39, 0.29) is 11.6 Å². The second-order valence-corrected chi connectivity index (χ2v) is 6.03. The van der Waals surface area contributed by atoms with Crippen LogP contribution in [0.5, 0.6) is 0 Å². The van der Waals surface area contributed by atoms with E-state index in [4.69, 9.17) is 0 Å². The number of benzene rings is 3. The van der Waals surface area contributed by atoms with Crippen LogP contribution in [0.25, 0.3) is 22.2 Å². The first kappa shape index (κ1) is 16.7. The number of aromatic nitrogens is 2. The van der Waals surface area contributed by atoms with E-state index in [0.29, 0.717) is 33.4 Å². The molecule has 0 aliphatic rings. The fraction of sp³-hybridized carbons (Fsp3) is 0. The van der Waals surface area contributed by atoms with Gasteiger partial charge in [-0.15, -0.1) is 0 Å². The zero-order chi connectivity index (χ0) is 19.0. The molecule has 134 valence electrons. The molecule has 3 aromatic carbocycles. The molecule has 0 bridgehead atoms. The maximum Gasteiger partial charge on any atom is 0.323 e. The maximum absolute atomic E-state index is 13.4. The molecule has 0 unspecified atom stereocenters. The van der Waals surface area contributed by atoms with Gasteiger partial charge in [-0.3, -0.25) is 4.79 Å². The Labute approximate surface area is 151 Å². The standard InChI is InChI=1S/C20H13F2N3O2/c21-14-6-13(7-15(22)10-14)11-2-1-3-16(8-11)23-19(26)12-4-5-17-18(9-12)25-20(27)24-17/h1-10H,(H,23,26)(H2,24,25,27). The highest BCUT2D eigenvalue weighted by Crippen LogP contribution is 2.25. The molecule has 0 fully saturated rings. The van der Waals surface area contributed by atoms with Crippen LogP contribution in [0.15, 0.2) is 65.5 Å². The summed E-state index contributed by atoms with van der Waals surface area (Å²) in [5.41, 5.74) is 2.55. The molecular weight excluding hydrogens is 352 g/mol. The summed E-state index contributed by atoms with van der Waals surface area (Å²) in [6.45, 7) is 0. The number of anilines is 1. The highest BCUT2D eigenvalue weighted by atomic mass is 19.1. The fourth-order valence-corrected chi connectivity index (χ4v) is 2.87. The molecule has 0 radical (unpaired) electrons. The highest BCUT2D eigenvalue weighted by Gasteiger charge is 2.10. The smallest absolute Gasteiger partial charge is 0.322 e. The number of aromatic amines is 2. The van der Waals surface area contributed by atoms with Gasteiger partial charge in [-0.2, -0.15) is 0 Å². The van der Waals surface area contributed by atoms with Gasteiger partial charge in [0.25, 0.3) is 5.91 Å². The Hall–Kier alpha value is -3.74. The van der Waals surface area contributed by atoms with Crippen molar-refractivity contribution in [1.82, 2.24) is 9.97 Å². The second-order valence-electron chi connectivity index (χ2n) is 6.03. The Morgan fingerprint density at radius 1 is 0.815 bits per heavy atom. The first-order valence-corrected chi connectivity index (χ1v) is 8.08. The van der Waals surface area contributed by atoms with Crippen LogP contribution in [-0.4, -0.2) is 15.9 Å². The van der Waals surface area contributed by atoms with E-state index in [1.165, 1.54) is 12.1 Å². The zero-order valence-corrected chi connectivity index (χ0v) is 13.8. The normalized spacial score (nSPS) is 10.9. The van der Waals surface area contributed by atoms with E-state index < -0.39 is 11.6 Å². The van der Waals surface area contributed by atoms with E-state index in [0.717, 1.165) is 6.07 Å². The van der Waals surface area contributed by atoms with Gasteiger partial charge in [0.1, 0.15) is 11.6 Å². The monoisotopic (exact) mass is 365 g/mol. The van der Waals surface area contributed by atoms with Crippen molar-refractivity contribution in [3.63, 3.8) is 0 Å². The molecule has 27 heavy (non-hydrogen) atoms. The summed E-state index contributed by atoms with van der Waals surface area (Å²) in [5.74, 6) is -1.72. The lowest BCUT2D eigenvalue weighted by atomic mass is 10.0. The third-order valence-electron chi connectivity index (χ3n) is 4.09. The molecular formula is C20H13F2N3O2. The van der Waals surface area contributed by atoms with Crippen LogP contribution in [0.4, 0.5) is 14.5 Å². The highest BCUT2D eigenvalue weighted by molar-refractivity contribution is 6.06. The van der Waals surface area contributed by atoms with Crippen molar-refractivity contribution >= 4 is 22.6 Å². The van der Waals surface area contributed by atoms with E-state index in [1.54, 1.807) is 42.5 Å². The zero-order valence-electron chi connectivity index (χ0n) is 13.8. The Morgan fingerprint density at radius 3 is 2.33 bits per heavy atom. The summed E-state index contributed by atoms with van der Waals surface area (Å²) in [6.07, 6.45) is 0. The molecule has 7 heteroatoms. The molecule has 0 aliphatic heterocycles. The summed E-state index contributed by atoms with van der Waals surface area (Å²) in [7, 11) is 0. The summed E-state index contributed by atoms with van der Waals surface area (Å²) in [5, 5.41) is 2.74. The maximum atomic E-state index is 13.4. The Bertz CT molecular complexity index is 1210. The summed E-state index contributed by atoms with van der Waals surface area (Å²) in [4.78, 5) is 29.0. The number of carbonyl (C=O) groups is 1. The number of imidazole rings is 1. The number of fused-ring (bicyclic) bond motifs is 1. The lowest BCUT2D eigenvalue weighted by Gasteiger charge is -2.08. The first-order chi connectivity index (χ1) is 13.0.